The Morgan fingerprint density at radius 2 is 1.92 bits per heavy atom. The van der Waals surface area contributed by atoms with E-state index in [2.05, 4.69) is 9.98 Å². The Kier molecular flexibility index (Phi) is 4.85. The van der Waals surface area contributed by atoms with Gasteiger partial charge in [-0.1, -0.05) is 71.1 Å². The summed E-state index contributed by atoms with van der Waals surface area (Å²) in [6.45, 7) is 1.97. The lowest BCUT2D eigenvalue weighted by molar-refractivity contribution is 0.488. The van der Waals surface area contributed by atoms with Crippen molar-refractivity contribution in [1.82, 2.24) is 4.98 Å². The lowest BCUT2D eigenvalue weighted by Gasteiger charge is -2.01. The number of aromatic hydroxyl groups is 1. The molecule has 0 radical (unpaired) electrons. The number of benzene rings is 2. The van der Waals surface area contributed by atoms with E-state index < -0.39 is 0 Å². The third-order valence-corrected chi connectivity index (χ3v) is 6.51. The average molecular weight is 399 g/mol. The molecule has 0 fully saturated rings. The molecule has 0 spiro atoms. The summed E-state index contributed by atoms with van der Waals surface area (Å²) in [5.41, 5.74) is 5.61. The molecule has 130 valence electrons. The fourth-order valence-electron chi connectivity index (χ4n) is 2.77. The number of aromatic nitrogens is 1. The quantitative estimate of drug-likeness (QED) is 0.514. The highest BCUT2D eigenvalue weighted by atomic mass is 35.5. The number of thioether (sulfide) groups is 1. The van der Waals surface area contributed by atoms with Gasteiger partial charge in [0, 0.05) is 27.6 Å². The molecule has 0 saturated carbocycles. The first-order chi connectivity index (χ1) is 12.6. The van der Waals surface area contributed by atoms with Gasteiger partial charge in [0.15, 0.2) is 9.40 Å². The van der Waals surface area contributed by atoms with Gasteiger partial charge in [0.2, 0.25) is 0 Å². The van der Waals surface area contributed by atoms with Gasteiger partial charge >= 0.3 is 0 Å². The highest BCUT2D eigenvalue weighted by molar-refractivity contribution is 8.00. The van der Waals surface area contributed by atoms with Crippen molar-refractivity contribution in [2.24, 2.45) is 4.99 Å². The van der Waals surface area contributed by atoms with Crippen LogP contribution in [0, 0.1) is 0 Å². The molecule has 3 nitrogen and oxygen atoms in total. The van der Waals surface area contributed by atoms with E-state index >= 15 is 0 Å². The summed E-state index contributed by atoms with van der Waals surface area (Å²) in [4.78, 5) is 9.16. The second-order valence-electron chi connectivity index (χ2n) is 5.82. The Labute approximate surface area is 165 Å². The Morgan fingerprint density at radius 1 is 1.15 bits per heavy atom. The van der Waals surface area contributed by atoms with Crippen molar-refractivity contribution < 1.29 is 5.11 Å². The van der Waals surface area contributed by atoms with Gasteiger partial charge in [0.05, 0.1) is 5.69 Å². The molecule has 1 aliphatic heterocycles. The summed E-state index contributed by atoms with van der Waals surface area (Å²) in [6, 6.07) is 15.8. The third kappa shape index (κ3) is 3.43. The fraction of sp³-hybridized carbons (Fsp3) is 0.100. The number of hydrogen-bond acceptors (Lipinski definition) is 5. The number of rotatable bonds is 4. The Morgan fingerprint density at radius 3 is 2.77 bits per heavy atom. The van der Waals surface area contributed by atoms with Gasteiger partial charge in [-0.2, -0.15) is 0 Å². The van der Waals surface area contributed by atoms with E-state index in [0.717, 1.165) is 37.5 Å². The molecule has 0 bridgehead atoms. The van der Waals surface area contributed by atoms with E-state index in [0.29, 0.717) is 11.4 Å². The van der Waals surface area contributed by atoms with Gasteiger partial charge in [-0.05, 0) is 30.7 Å². The zero-order valence-corrected chi connectivity index (χ0v) is 16.3. The maximum Gasteiger partial charge on any atom is 0.200 e. The maximum absolute atomic E-state index is 10.3. The number of thiazole rings is 1. The van der Waals surface area contributed by atoms with Gasteiger partial charge < -0.3 is 5.11 Å². The molecule has 0 aliphatic carbocycles. The fourth-order valence-corrected chi connectivity index (χ4v) is 4.91. The van der Waals surface area contributed by atoms with Gasteiger partial charge in [0.25, 0.3) is 0 Å². The van der Waals surface area contributed by atoms with E-state index in [1.165, 1.54) is 11.3 Å². The number of fused-ring (bicyclic) bond motifs is 1. The molecule has 3 aromatic rings. The van der Waals surface area contributed by atoms with Gasteiger partial charge in [-0.15, -0.1) is 0 Å². The van der Waals surface area contributed by atoms with Crippen LogP contribution in [0.4, 0.5) is 5.69 Å². The van der Waals surface area contributed by atoms with Crippen LogP contribution >= 0.6 is 34.7 Å². The van der Waals surface area contributed by atoms with E-state index in [4.69, 9.17) is 11.6 Å². The molecular weight excluding hydrogens is 384 g/mol. The van der Waals surface area contributed by atoms with Gasteiger partial charge in [0.1, 0.15) is 5.69 Å². The molecule has 1 aliphatic rings. The average Bonchev–Trinajstić information content (AvgIpc) is 3.14. The van der Waals surface area contributed by atoms with Crippen molar-refractivity contribution in [3.8, 4) is 5.06 Å². The first kappa shape index (κ1) is 17.3. The minimum atomic E-state index is 0.219. The molecule has 0 amide bonds. The van der Waals surface area contributed by atoms with E-state index in [-0.39, 0.29) is 5.06 Å². The summed E-state index contributed by atoms with van der Waals surface area (Å²) in [5, 5.41) is 11.3. The van der Waals surface area contributed by atoms with Crippen molar-refractivity contribution in [3.05, 3.63) is 70.4 Å². The zero-order chi connectivity index (χ0) is 18.1. The highest BCUT2D eigenvalue weighted by Crippen LogP contribution is 2.39. The van der Waals surface area contributed by atoms with Crippen molar-refractivity contribution in [3.63, 3.8) is 0 Å². The molecule has 26 heavy (non-hydrogen) atoms. The third-order valence-electron chi connectivity index (χ3n) is 4.08. The van der Waals surface area contributed by atoms with Crippen LogP contribution in [0.1, 0.15) is 23.7 Å². The topological polar surface area (TPSA) is 45.5 Å². The molecule has 0 atom stereocenters. The lowest BCUT2D eigenvalue weighted by atomic mass is 10.0. The Balaban J connectivity index is 1.58. The van der Waals surface area contributed by atoms with Gasteiger partial charge in [-0.25, -0.2) is 4.98 Å². The predicted molar refractivity (Wildman–Crippen MR) is 112 cm³/mol. The first-order valence-corrected chi connectivity index (χ1v) is 10.2. The second-order valence-corrected chi connectivity index (χ2v) is 8.43. The number of para-hydroxylation sites is 1. The van der Waals surface area contributed by atoms with Crippen molar-refractivity contribution in [1.29, 1.82) is 0 Å². The monoisotopic (exact) mass is 398 g/mol. The minimum absolute atomic E-state index is 0.219. The van der Waals surface area contributed by atoms with Gasteiger partial charge in [-0.3, -0.25) is 4.99 Å². The molecule has 1 aromatic heterocycles. The normalized spacial score (nSPS) is 14.5. The molecular formula is C20H15ClN2OS2. The minimum Gasteiger partial charge on any atom is -0.498 e. The van der Waals surface area contributed by atoms with Crippen molar-refractivity contribution >= 4 is 57.7 Å². The van der Waals surface area contributed by atoms with E-state index in [9.17, 15) is 5.11 Å². The smallest absolute Gasteiger partial charge is 0.200 e. The summed E-state index contributed by atoms with van der Waals surface area (Å²) in [7, 11) is 0. The SMILES string of the molecule is CC1=Nc2ccccc2C1=Cc1nc(SCc2ccccc2Cl)sc1O. The molecule has 2 heterocycles. The number of allylic oxidation sites excluding steroid dienone is 1. The van der Waals surface area contributed by atoms with Crippen LogP contribution in [-0.2, 0) is 5.75 Å². The molecule has 2 aromatic carbocycles. The van der Waals surface area contributed by atoms with Crippen LogP contribution < -0.4 is 0 Å². The van der Waals surface area contributed by atoms with Crippen LogP contribution in [0.5, 0.6) is 5.06 Å². The molecule has 4 rings (SSSR count). The zero-order valence-electron chi connectivity index (χ0n) is 13.9. The largest absolute Gasteiger partial charge is 0.498 e. The Hall–Kier alpha value is -2.08. The summed E-state index contributed by atoms with van der Waals surface area (Å²) in [6.07, 6.45) is 1.91. The standard InChI is InChI=1S/C20H15ClN2OS2/c1-12-15(14-7-3-5-9-17(14)22-12)10-18-19(24)26-20(23-18)25-11-13-6-2-4-8-16(13)21/h2-10,24H,11H2,1H3. The van der Waals surface area contributed by atoms with Crippen LogP contribution in [0.3, 0.4) is 0 Å². The Bertz CT molecular complexity index is 1040. The molecule has 0 saturated heterocycles. The number of halogens is 1. The van der Waals surface area contributed by atoms with Crippen LogP contribution in [0.15, 0.2) is 57.9 Å². The summed E-state index contributed by atoms with van der Waals surface area (Å²) >= 11 is 9.06. The second kappa shape index (κ2) is 7.27. The molecule has 6 heteroatoms. The van der Waals surface area contributed by atoms with Crippen molar-refractivity contribution in [2.75, 3.05) is 0 Å². The number of hydrogen-bond donors (Lipinski definition) is 1. The first-order valence-electron chi connectivity index (χ1n) is 8.04. The molecule has 0 unspecified atom stereocenters. The maximum atomic E-state index is 10.3. The molecule has 1 N–H and O–H groups in total. The predicted octanol–water partition coefficient (Wildman–Crippen LogP) is 6.44. The van der Waals surface area contributed by atoms with Crippen LogP contribution in [0.25, 0.3) is 11.6 Å². The van der Waals surface area contributed by atoms with Crippen LogP contribution in [-0.4, -0.2) is 15.8 Å². The van der Waals surface area contributed by atoms with Crippen molar-refractivity contribution in [2.45, 2.75) is 17.0 Å². The van der Waals surface area contributed by atoms with E-state index in [1.54, 1.807) is 11.8 Å². The lowest BCUT2D eigenvalue weighted by Crippen LogP contribution is -1.90. The van der Waals surface area contributed by atoms with E-state index in [1.807, 2.05) is 61.5 Å². The van der Waals surface area contributed by atoms with Crippen LogP contribution in [0.2, 0.25) is 5.02 Å². The number of aliphatic imine (C=N–C) groups is 1. The highest BCUT2D eigenvalue weighted by Gasteiger charge is 2.19. The number of nitrogens with zero attached hydrogens (tertiary/aromatic N) is 2. The summed E-state index contributed by atoms with van der Waals surface area (Å²) in [5.74, 6) is 0.714. The summed E-state index contributed by atoms with van der Waals surface area (Å²) < 4.78 is 0.815.